The number of aryl methyl sites for hydroxylation is 1. The van der Waals surface area contributed by atoms with Gasteiger partial charge in [-0.2, -0.15) is 0 Å². The molecule has 0 aliphatic carbocycles. The molecular formula is C12H12N4O3. The number of anilines is 1. The van der Waals surface area contributed by atoms with E-state index in [0.717, 1.165) is 0 Å². The summed E-state index contributed by atoms with van der Waals surface area (Å²) in [5.41, 5.74) is -0.322. The molecule has 0 unspecified atom stereocenters. The second-order valence-corrected chi connectivity index (χ2v) is 3.96. The molecule has 0 atom stereocenters. The molecule has 2 heterocycles. The third-order valence-electron chi connectivity index (χ3n) is 2.70. The Morgan fingerprint density at radius 1 is 1.47 bits per heavy atom. The third-order valence-corrected chi connectivity index (χ3v) is 2.70. The molecule has 98 valence electrons. The van der Waals surface area contributed by atoms with Crippen LogP contribution in [-0.2, 0) is 7.05 Å². The molecule has 2 aromatic rings. The van der Waals surface area contributed by atoms with Crippen LogP contribution in [0.5, 0.6) is 5.75 Å². The van der Waals surface area contributed by atoms with Gasteiger partial charge >= 0.3 is 0 Å². The van der Waals surface area contributed by atoms with Crippen LogP contribution in [0.25, 0.3) is 0 Å². The number of aromatic hydroxyl groups is 1. The van der Waals surface area contributed by atoms with E-state index in [1.165, 1.54) is 36.3 Å². The maximum Gasteiger partial charge on any atom is 0.267 e. The van der Waals surface area contributed by atoms with Crippen LogP contribution in [0.15, 0.2) is 29.5 Å². The van der Waals surface area contributed by atoms with Gasteiger partial charge in [0.05, 0.1) is 0 Å². The van der Waals surface area contributed by atoms with Crippen molar-refractivity contribution in [2.24, 2.45) is 7.05 Å². The molecule has 0 aliphatic rings. The van der Waals surface area contributed by atoms with Crippen molar-refractivity contribution in [2.75, 3.05) is 5.32 Å². The SMILES string of the molecule is Cc1cc(O)c(C(=O)Nc2ccncn2)c(=O)n1C. The van der Waals surface area contributed by atoms with Gasteiger partial charge in [-0.25, -0.2) is 9.97 Å². The normalized spacial score (nSPS) is 10.2. The number of aromatic nitrogens is 3. The van der Waals surface area contributed by atoms with Gasteiger partial charge in [0.2, 0.25) is 0 Å². The molecule has 0 aliphatic heterocycles. The molecule has 0 fully saturated rings. The molecule has 0 aromatic carbocycles. The number of hydrogen-bond acceptors (Lipinski definition) is 5. The van der Waals surface area contributed by atoms with E-state index in [1.807, 2.05) is 0 Å². The zero-order valence-corrected chi connectivity index (χ0v) is 10.4. The fourth-order valence-corrected chi connectivity index (χ4v) is 1.56. The van der Waals surface area contributed by atoms with Crippen molar-refractivity contribution in [3.63, 3.8) is 0 Å². The third kappa shape index (κ3) is 2.44. The van der Waals surface area contributed by atoms with Crippen molar-refractivity contribution >= 4 is 11.7 Å². The predicted octanol–water partition coefficient (Wildman–Crippen LogP) is 0.442. The molecular weight excluding hydrogens is 248 g/mol. The second-order valence-electron chi connectivity index (χ2n) is 3.96. The van der Waals surface area contributed by atoms with Gasteiger partial charge in [-0.05, 0) is 13.0 Å². The highest BCUT2D eigenvalue weighted by Crippen LogP contribution is 2.15. The quantitative estimate of drug-likeness (QED) is 0.816. The predicted molar refractivity (Wildman–Crippen MR) is 68.1 cm³/mol. The number of amides is 1. The molecule has 2 aromatic heterocycles. The Labute approximate surface area is 108 Å². The van der Waals surface area contributed by atoms with Crippen LogP contribution in [0, 0.1) is 6.92 Å². The summed E-state index contributed by atoms with van der Waals surface area (Å²) in [5.74, 6) is -0.814. The van der Waals surface area contributed by atoms with Crippen LogP contribution in [0.3, 0.4) is 0 Å². The number of nitrogens with zero attached hydrogens (tertiary/aromatic N) is 3. The van der Waals surface area contributed by atoms with E-state index >= 15 is 0 Å². The molecule has 0 bridgehead atoms. The first kappa shape index (κ1) is 12.7. The maximum atomic E-state index is 12.0. The summed E-state index contributed by atoms with van der Waals surface area (Å²) in [6, 6.07) is 2.84. The van der Waals surface area contributed by atoms with Gasteiger partial charge in [-0.1, -0.05) is 0 Å². The zero-order valence-electron chi connectivity index (χ0n) is 10.4. The maximum absolute atomic E-state index is 12.0. The van der Waals surface area contributed by atoms with Crippen molar-refractivity contribution in [1.82, 2.24) is 14.5 Å². The Hall–Kier alpha value is -2.70. The summed E-state index contributed by atoms with van der Waals surface area (Å²) < 4.78 is 1.29. The largest absolute Gasteiger partial charge is 0.507 e. The van der Waals surface area contributed by atoms with Gasteiger partial charge in [0.1, 0.15) is 23.5 Å². The number of hydrogen-bond donors (Lipinski definition) is 2. The smallest absolute Gasteiger partial charge is 0.267 e. The first-order valence-corrected chi connectivity index (χ1v) is 5.47. The molecule has 2 N–H and O–H groups in total. The number of pyridine rings is 1. The molecule has 2 rings (SSSR count). The van der Waals surface area contributed by atoms with Gasteiger partial charge in [-0.3, -0.25) is 9.59 Å². The van der Waals surface area contributed by atoms with Gasteiger partial charge < -0.3 is 15.0 Å². The molecule has 0 saturated carbocycles. The minimum Gasteiger partial charge on any atom is -0.507 e. The monoisotopic (exact) mass is 260 g/mol. The van der Waals surface area contributed by atoms with Crippen molar-refractivity contribution in [2.45, 2.75) is 6.92 Å². The summed E-state index contributed by atoms with van der Waals surface area (Å²) in [6.45, 7) is 1.66. The lowest BCUT2D eigenvalue weighted by Crippen LogP contribution is -2.29. The Kier molecular flexibility index (Phi) is 3.28. The van der Waals surface area contributed by atoms with Crippen molar-refractivity contribution < 1.29 is 9.90 Å². The Morgan fingerprint density at radius 2 is 2.21 bits per heavy atom. The average Bonchev–Trinajstić information content (AvgIpc) is 2.37. The molecule has 19 heavy (non-hydrogen) atoms. The first-order valence-electron chi connectivity index (χ1n) is 5.47. The van der Waals surface area contributed by atoms with Crippen LogP contribution in [0.1, 0.15) is 16.1 Å². The second kappa shape index (κ2) is 4.89. The van der Waals surface area contributed by atoms with Crippen molar-refractivity contribution in [1.29, 1.82) is 0 Å². The fraction of sp³-hybridized carbons (Fsp3) is 0.167. The first-order chi connectivity index (χ1) is 9.00. The van der Waals surface area contributed by atoms with E-state index < -0.39 is 11.5 Å². The van der Waals surface area contributed by atoms with Crippen LogP contribution >= 0.6 is 0 Å². The van der Waals surface area contributed by atoms with Gasteiger partial charge in [0.15, 0.2) is 0 Å². The summed E-state index contributed by atoms with van der Waals surface area (Å²) in [5, 5.41) is 12.2. The molecule has 0 radical (unpaired) electrons. The highest BCUT2D eigenvalue weighted by molar-refractivity contribution is 6.05. The number of carbonyl (C=O) groups is 1. The lowest BCUT2D eigenvalue weighted by Gasteiger charge is -2.09. The van der Waals surface area contributed by atoms with E-state index in [4.69, 9.17) is 0 Å². The van der Waals surface area contributed by atoms with E-state index in [0.29, 0.717) is 5.69 Å². The Bertz CT molecular complexity index is 679. The lowest BCUT2D eigenvalue weighted by molar-refractivity contribution is 0.102. The molecule has 7 nitrogen and oxygen atoms in total. The summed E-state index contributed by atoms with van der Waals surface area (Å²) in [4.78, 5) is 31.4. The standard InChI is InChI=1S/C12H12N4O3/c1-7-5-8(17)10(12(19)16(7)2)11(18)15-9-3-4-13-6-14-9/h3-6,17H,1-2H3,(H,13,14,15,18). The number of nitrogens with one attached hydrogen (secondary N) is 1. The molecule has 7 heteroatoms. The van der Waals surface area contributed by atoms with Gasteiger partial charge in [0.25, 0.3) is 11.5 Å². The van der Waals surface area contributed by atoms with Crippen LogP contribution in [0.4, 0.5) is 5.82 Å². The van der Waals surface area contributed by atoms with Crippen molar-refractivity contribution in [3.8, 4) is 5.75 Å². The highest BCUT2D eigenvalue weighted by atomic mass is 16.3. The van der Waals surface area contributed by atoms with E-state index in [9.17, 15) is 14.7 Å². The molecule has 0 spiro atoms. The fourth-order valence-electron chi connectivity index (χ4n) is 1.56. The van der Waals surface area contributed by atoms with E-state index in [1.54, 1.807) is 6.92 Å². The van der Waals surface area contributed by atoms with Crippen LogP contribution in [0.2, 0.25) is 0 Å². The van der Waals surface area contributed by atoms with Crippen LogP contribution in [-0.4, -0.2) is 25.5 Å². The van der Waals surface area contributed by atoms with Crippen molar-refractivity contribution in [3.05, 3.63) is 46.3 Å². The van der Waals surface area contributed by atoms with Crippen LogP contribution < -0.4 is 10.9 Å². The number of rotatable bonds is 2. The average molecular weight is 260 g/mol. The summed E-state index contributed by atoms with van der Waals surface area (Å²) in [6.07, 6.45) is 2.72. The summed E-state index contributed by atoms with van der Waals surface area (Å²) in [7, 11) is 1.53. The highest BCUT2D eigenvalue weighted by Gasteiger charge is 2.18. The Morgan fingerprint density at radius 3 is 2.84 bits per heavy atom. The van der Waals surface area contributed by atoms with Gasteiger partial charge in [0, 0.05) is 25.0 Å². The Balaban J connectivity index is 2.40. The lowest BCUT2D eigenvalue weighted by atomic mass is 10.2. The molecule has 1 amide bonds. The molecule has 0 saturated heterocycles. The zero-order chi connectivity index (χ0) is 14.0. The van der Waals surface area contributed by atoms with E-state index in [2.05, 4.69) is 15.3 Å². The topological polar surface area (TPSA) is 97.1 Å². The minimum atomic E-state index is -0.711. The van der Waals surface area contributed by atoms with Gasteiger partial charge in [-0.15, -0.1) is 0 Å². The minimum absolute atomic E-state index is 0.252. The summed E-state index contributed by atoms with van der Waals surface area (Å²) >= 11 is 0. The number of carbonyl (C=O) groups excluding carboxylic acids is 1. The van der Waals surface area contributed by atoms with E-state index in [-0.39, 0.29) is 17.1 Å².